The molecule has 1 rings (SSSR count). The van der Waals surface area contributed by atoms with E-state index in [1.165, 1.54) is 6.07 Å². The van der Waals surface area contributed by atoms with E-state index in [2.05, 4.69) is 42.5 Å². The van der Waals surface area contributed by atoms with Gasteiger partial charge in [0.05, 0.1) is 5.69 Å². The molecule has 0 aliphatic rings. The molecule has 0 saturated heterocycles. The van der Waals surface area contributed by atoms with Crippen LogP contribution in [-0.2, 0) is 10.0 Å². The largest absolute Gasteiger partial charge is 0.398 e. The minimum absolute atomic E-state index is 0.0228. The summed E-state index contributed by atoms with van der Waals surface area (Å²) in [5.74, 6) is 2.40. The van der Waals surface area contributed by atoms with Crippen LogP contribution in [0.3, 0.4) is 0 Å². The molecule has 3 N–H and O–H groups in total. The number of anilines is 1. The first kappa shape index (κ1) is 15.5. The zero-order chi connectivity index (χ0) is 13.9. The summed E-state index contributed by atoms with van der Waals surface area (Å²) in [6.45, 7) is 1.69. The van der Waals surface area contributed by atoms with Crippen molar-refractivity contribution in [1.29, 1.82) is 0 Å². The SMILES string of the molecule is C#CCC(C)NS(=O)(=O)c1c(N)cc(Br)cc1Br. The minimum atomic E-state index is -3.70. The number of nitrogens with two attached hydrogens (primary N) is 1. The van der Waals surface area contributed by atoms with Crippen molar-refractivity contribution in [2.24, 2.45) is 0 Å². The summed E-state index contributed by atoms with van der Waals surface area (Å²) in [7, 11) is -3.70. The highest BCUT2D eigenvalue weighted by molar-refractivity contribution is 9.11. The molecule has 0 fully saturated rings. The van der Waals surface area contributed by atoms with E-state index in [0.29, 0.717) is 15.4 Å². The van der Waals surface area contributed by atoms with E-state index < -0.39 is 10.0 Å². The molecular weight excluding hydrogens is 384 g/mol. The van der Waals surface area contributed by atoms with Crippen LogP contribution in [0.2, 0.25) is 0 Å². The monoisotopic (exact) mass is 394 g/mol. The summed E-state index contributed by atoms with van der Waals surface area (Å²) in [5, 5.41) is 0. The lowest BCUT2D eigenvalue weighted by Gasteiger charge is -2.14. The van der Waals surface area contributed by atoms with Crippen LogP contribution in [0.15, 0.2) is 26.0 Å². The number of nitrogen functional groups attached to an aromatic ring is 1. The predicted octanol–water partition coefficient (Wildman–Crippen LogP) is 2.48. The summed E-state index contributed by atoms with van der Waals surface area (Å²) in [4.78, 5) is 0.0228. The van der Waals surface area contributed by atoms with Gasteiger partial charge < -0.3 is 5.73 Å². The van der Waals surface area contributed by atoms with Crippen molar-refractivity contribution in [3.8, 4) is 12.3 Å². The van der Waals surface area contributed by atoms with Gasteiger partial charge in [-0.05, 0) is 35.0 Å². The molecule has 18 heavy (non-hydrogen) atoms. The number of halogens is 2. The summed E-state index contributed by atoms with van der Waals surface area (Å²) >= 11 is 6.43. The number of nitrogens with one attached hydrogen (secondary N) is 1. The van der Waals surface area contributed by atoms with Gasteiger partial charge in [0.15, 0.2) is 0 Å². The highest BCUT2D eigenvalue weighted by atomic mass is 79.9. The second-order valence-corrected chi connectivity index (χ2v) is 7.16. The Balaban J connectivity index is 3.18. The molecule has 1 atom stereocenters. The quantitative estimate of drug-likeness (QED) is 0.607. The number of rotatable bonds is 4. The van der Waals surface area contributed by atoms with E-state index in [4.69, 9.17) is 12.2 Å². The fourth-order valence-electron chi connectivity index (χ4n) is 1.41. The molecule has 98 valence electrons. The summed E-state index contributed by atoms with van der Waals surface area (Å²) < 4.78 is 27.9. The number of benzene rings is 1. The van der Waals surface area contributed by atoms with Crippen LogP contribution in [0.5, 0.6) is 0 Å². The normalized spacial score (nSPS) is 13.0. The molecule has 0 heterocycles. The molecule has 0 radical (unpaired) electrons. The fraction of sp³-hybridized carbons (Fsp3) is 0.273. The van der Waals surface area contributed by atoms with E-state index in [1.807, 2.05) is 0 Å². The maximum atomic E-state index is 12.2. The second kappa shape index (κ2) is 6.06. The Bertz CT molecular complexity index is 571. The van der Waals surface area contributed by atoms with E-state index >= 15 is 0 Å². The first-order valence-corrected chi connectivity index (χ1v) is 8.05. The maximum absolute atomic E-state index is 12.2. The lowest BCUT2D eigenvalue weighted by Crippen LogP contribution is -2.33. The molecule has 1 aromatic rings. The smallest absolute Gasteiger partial charge is 0.244 e. The predicted molar refractivity (Wildman–Crippen MR) is 79.5 cm³/mol. The number of sulfonamides is 1. The Hall–Kier alpha value is -0.550. The van der Waals surface area contributed by atoms with Gasteiger partial charge in [-0.1, -0.05) is 15.9 Å². The summed E-state index contributed by atoms with van der Waals surface area (Å²) in [5.41, 5.74) is 5.90. The molecule has 0 bridgehead atoms. The average Bonchev–Trinajstić information content (AvgIpc) is 2.13. The molecule has 0 aliphatic carbocycles. The van der Waals surface area contributed by atoms with Crippen LogP contribution >= 0.6 is 31.9 Å². The van der Waals surface area contributed by atoms with Crippen molar-refractivity contribution in [3.63, 3.8) is 0 Å². The fourth-order valence-corrected chi connectivity index (χ4v) is 4.72. The van der Waals surface area contributed by atoms with Crippen molar-refractivity contribution >= 4 is 47.6 Å². The summed E-state index contributed by atoms with van der Waals surface area (Å²) in [6, 6.07) is 2.80. The van der Waals surface area contributed by atoms with Crippen molar-refractivity contribution in [1.82, 2.24) is 4.72 Å². The molecule has 4 nitrogen and oxygen atoms in total. The molecule has 0 saturated carbocycles. The third kappa shape index (κ3) is 3.72. The first-order chi connectivity index (χ1) is 8.27. The number of terminal acetylenes is 1. The average molecular weight is 396 g/mol. The Labute approximate surface area is 124 Å². The standard InChI is InChI=1S/C11H12Br2N2O2S/c1-3-4-7(2)15-18(16,17)11-9(13)5-8(12)6-10(11)14/h1,5-7,15H,4,14H2,2H3. The van der Waals surface area contributed by atoms with Gasteiger partial charge in [0.1, 0.15) is 4.90 Å². The van der Waals surface area contributed by atoms with Crippen LogP contribution < -0.4 is 10.5 Å². The van der Waals surface area contributed by atoms with Gasteiger partial charge in [-0.15, -0.1) is 12.3 Å². The third-order valence-electron chi connectivity index (χ3n) is 2.09. The van der Waals surface area contributed by atoms with E-state index in [-0.39, 0.29) is 16.6 Å². The highest BCUT2D eigenvalue weighted by Crippen LogP contribution is 2.31. The Morgan fingerprint density at radius 3 is 2.61 bits per heavy atom. The molecule has 1 unspecified atom stereocenters. The third-order valence-corrected chi connectivity index (χ3v) is 5.14. The lowest BCUT2D eigenvalue weighted by molar-refractivity contribution is 0.563. The van der Waals surface area contributed by atoms with Gasteiger partial charge in [0.2, 0.25) is 10.0 Å². The minimum Gasteiger partial charge on any atom is -0.398 e. The molecule has 7 heteroatoms. The lowest BCUT2D eigenvalue weighted by atomic mass is 10.3. The van der Waals surface area contributed by atoms with Crippen LogP contribution in [-0.4, -0.2) is 14.5 Å². The van der Waals surface area contributed by atoms with Gasteiger partial charge in [0, 0.05) is 21.4 Å². The van der Waals surface area contributed by atoms with E-state index in [0.717, 1.165) is 0 Å². The summed E-state index contributed by atoms with van der Waals surface area (Å²) in [6.07, 6.45) is 5.45. The molecule has 0 spiro atoms. The number of hydrogen-bond donors (Lipinski definition) is 2. The highest BCUT2D eigenvalue weighted by Gasteiger charge is 2.23. The molecule has 0 amide bonds. The topological polar surface area (TPSA) is 72.2 Å². The van der Waals surface area contributed by atoms with Crippen LogP contribution in [0.4, 0.5) is 5.69 Å². The molecule has 1 aromatic carbocycles. The first-order valence-electron chi connectivity index (χ1n) is 4.98. The Kier molecular flexibility index (Phi) is 5.22. The zero-order valence-corrected chi connectivity index (χ0v) is 13.6. The van der Waals surface area contributed by atoms with Gasteiger partial charge in [0.25, 0.3) is 0 Å². The van der Waals surface area contributed by atoms with Crippen molar-refractivity contribution < 1.29 is 8.42 Å². The molecular formula is C11H12Br2N2O2S. The van der Waals surface area contributed by atoms with Gasteiger partial charge in [-0.3, -0.25) is 0 Å². The van der Waals surface area contributed by atoms with Crippen molar-refractivity contribution in [3.05, 3.63) is 21.1 Å². The Morgan fingerprint density at radius 1 is 1.50 bits per heavy atom. The second-order valence-electron chi connectivity index (χ2n) is 3.74. The van der Waals surface area contributed by atoms with Crippen molar-refractivity contribution in [2.45, 2.75) is 24.3 Å². The zero-order valence-electron chi connectivity index (χ0n) is 9.57. The van der Waals surface area contributed by atoms with Crippen LogP contribution in [0.1, 0.15) is 13.3 Å². The van der Waals surface area contributed by atoms with Crippen LogP contribution in [0, 0.1) is 12.3 Å². The van der Waals surface area contributed by atoms with E-state index in [1.54, 1.807) is 13.0 Å². The maximum Gasteiger partial charge on any atom is 0.244 e. The number of hydrogen-bond acceptors (Lipinski definition) is 3. The van der Waals surface area contributed by atoms with Crippen LogP contribution in [0.25, 0.3) is 0 Å². The molecule has 0 aromatic heterocycles. The Morgan fingerprint density at radius 2 is 2.11 bits per heavy atom. The van der Waals surface area contributed by atoms with Gasteiger partial charge >= 0.3 is 0 Å². The molecule has 0 aliphatic heterocycles. The van der Waals surface area contributed by atoms with E-state index in [9.17, 15) is 8.42 Å². The van der Waals surface area contributed by atoms with Gasteiger partial charge in [-0.25, -0.2) is 13.1 Å². The van der Waals surface area contributed by atoms with Crippen molar-refractivity contribution in [2.75, 3.05) is 5.73 Å². The van der Waals surface area contributed by atoms with Gasteiger partial charge in [-0.2, -0.15) is 0 Å².